The van der Waals surface area contributed by atoms with E-state index in [-0.39, 0.29) is 0 Å². The van der Waals surface area contributed by atoms with Crippen molar-refractivity contribution in [1.82, 2.24) is 0 Å². The van der Waals surface area contributed by atoms with Crippen LogP contribution >= 0.6 is 0 Å². The zero-order valence-corrected chi connectivity index (χ0v) is 43.3. The van der Waals surface area contributed by atoms with Crippen LogP contribution in [0, 0.1) is 27.7 Å². The third kappa shape index (κ3) is 10.6. The fourth-order valence-electron chi connectivity index (χ4n) is 11.5. The van der Waals surface area contributed by atoms with Gasteiger partial charge in [-0.2, -0.15) is 0 Å². The molecule has 12 rings (SSSR count). The summed E-state index contributed by atoms with van der Waals surface area (Å²) in [6, 6.07) is 43.3. The van der Waals surface area contributed by atoms with E-state index in [0.717, 1.165) is 29.7 Å². The number of benzene rings is 4. The van der Waals surface area contributed by atoms with E-state index in [1.165, 1.54) is 131 Å². The average Bonchev–Trinajstić information content (AvgIpc) is 4.05. The van der Waals surface area contributed by atoms with Gasteiger partial charge in [0.1, 0.15) is 28.2 Å². The van der Waals surface area contributed by atoms with Crippen LogP contribution in [0.3, 0.4) is 0 Å². The molecule has 4 heterocycles. The van der Waals surface area contributed by atoms with Crippen molar-refractivity contribution < 1.29 is 21.0 Å². The van der Waals surface area contributed by atoms with Crippen molar-refractivity contribution in [2.24, 2.45) is 28.2 Å². The molecular weight excluding hydrogens is 849 g/mol. The summed E-state index contributed by atoms with van der Waals surface area (Å²) < 4.78 is 25.4. The van der Waals surface area contributed by atoms with Gasteiger partial charge in [0.25, 0.3) is 0 Å². The molecule has 0 saturated carbocycles. The molecule has 0 atom stereocenters. The summed E-state index contributed by atoms with van der Waals surface area (Å²) in [6.45, 7) is 8.69. The maximum atomic E-state index is 8.25. The van der Waals surface area contributed by atoms with Crippen molar-refractivity contribution in [1.29, 1.82) is 0 Å². The molecule has 0 radical (unpaired) electrons. The molecule has 0 spiro atoms. The monoisotopic (exact) mass is 927 g/mol. The minimum absolute atomic E-state index is 0.626. The molecule has 4 aliphatic rings. The minimum Gasteiger partial charge on any atom is -0.201 e. The van der Waals surface area contributed by atoms with Crippen molar-refractivity contribution in [3.63, 3.8) is 0 Å². The summed E-state index contributed by atoms with van der Waals surface area (Å²) in [5.74, 6) is 0. The molecule has 0 amide bonds. The molecule has 0 fully saturated rings. The van der Waals surface area contributed by atoms with Gasteiger partial charge in [0.15, 0.2) is 24.8 Å². The van der Waals surface area contributed by atoms with E-state index in [1.54, 1.807) is 27.8 Å². The Morgan fingerprint density at radius 1 is 0.343 bits per heavy atom. The van der Waals surface area contributed by atoms with Gasteiger partial charge in [-0.05, 0) is 186 Å². The van der Waals surface area contributed by atoms with Crippen LogP contribution in [0.2, 0.25) is 0 Å². The average molecular weight is 927 g/mol. The molecule has 0 unspecified atom stereocenters. The lowest BCUT2D eigenvalue weighted by Gasteiger charge is -2.17. The predicted octanol–water partition coefficient (Wildman–Crippen LogP) is 12.7. The van der Waals surface area contributed by atoms with Crippen LogP contribution in [-0.2, 0) is 79.5 Å². The standard InChI is InChI=1S/2C17H20N.2C16H18N/c1-13-7-3-6-10-16(13)17-11-14-8-4-5-9-15(14)12-18(17)2;1-13-7-3-5-9-15(13)17-16-10-6-4-8-14(16)11-12-18(17)2;1-12-6-3-4-9-15(12)16-10-13-7-5-8-14(13)11-17(16)2;1-12-6-3-4-8-14(12)16-15-9-5-7-13(15)10-11-17(16)2/h3,6-7,10-12H,4-5,8-9H2,1-2H3;3,5,7,9,11-12H,4,6,8,10H2,1-2H3;3-4,6,9-11H,5,7-8H2,1-2H3;3-4,6,8,10-11H,5,7,9H2,1-2H3/q4*+1/i8D2;;;. The smallest absolute Gasteiger partial charge is 0.201 e. The molecule has 70 heavy (non-hydrogen) atoms. The molecule has 4 nitrogen and oxygen atoms in total. The van der Waals surface area contributed by atoms with Crippen LogP contribution in [0.4, 0.5) is 0 Å². The lowest BCUT2D eigenvalue weighted by Crippen LogP contribution is -2.33. The number of hydrogen-bond donors (Lipinski definition) is 0. The molecule has 0 N–H and O–H groups in total. The number of fused-ring (bicyclic) bond motifs is 4. The highest BCUT2D eigenvalue weighted by atomic mass is 14.9. The Morgan fingerprint density at radius 3 is 1.21 bits per heavy atom. The van der Waals surface area contributed by atoms with Gasteiger partial charge in [-0.25, -0.2) is 18.3 Å². The van der Waals surface area contributed by atoms with Gasteiger partial charge in [-0.15, -0.1) is 0 Å². The second-order valence-corrected chi connectivity index (χ2v) is 20.3. The summed E-state index contributed by atoms with van der Waals surface area (Å²) in [5, 5.41) is 0. The molecule has 4 aromatic heterocycles. The van der Waals surface area contributed by atoms with E-state index in [1.807, 2.05) is 19.2 Å². The highest BCUT2D eigenvalue weighted by Crippen LogP contribution is 2.33. The van der Waals surface area contributed by atoms with E-state index in [2.05, 4.69) is 201 Å². The Kier molecular flexibility index (Phi) is 14.5. The summed E-state index contributed by atoms with van der Waals surface area (Å²) in [6.07, 6.45) is 22.9. The van der Waals surface area contributed by atoms with Gasteiger partial charge in [0.2, 0.25) is 22.8 Å². The zero-order chi connectivity index (χ0) is 50.5. The number of pyridine rings is 4. The molecule has 4 aliphatic carbocycles. The fourth-order valence-corrected chi connectivity index (χ4v) is 11.5. The van der Waals surface area contributed by atoms with Crippen LogP contribution in [0.15, 0.2) is 146 Å². The lowest BCUT2D eigenvalue weighted by atomic mass is 9.88. The molecule has 356 valence electrons. The second kappa shape index (κ2) is 22.1. The third-order valence-corrected chi connectivity index (χ3v) is 15.3. The summed E-state index contributed by atoms with van der Waals surface area (Å²) in [4.78, 5) is 0. The van der Waals surface area contributed by atoms with Crippen LogP contribution in [0.25, 0.3) is 45.0 Å². The first-order valence-corrected chi connectivity index (χ1v) is 26.1. The molecule has 4 heteroatoms. The molecule has 0 bridgehead atoms. The molecule has 0 saturated heterocycles. The van der Waals surface area contributed by atoms with Crippen LogP contribution in [-0.4, -0.2) is 0 Å². The number of aryl methyl sites for hydroxylation is 14. The van der Waals surface area contributed by atoms with E-state index in [0.29, 0.717) is 6.42 Å². The van der Waals surface area contributed by atoms with Crippen LogP contribution < -0.4 is 18.3 Å². The maximum absolute atomic E-state index is 8.25. The number of rotatable bonds is 4. The SMILES string of the molecule is Cc1ccccc1-c1c2c(cc[n+]1C)CCC2.Cc1ccccc1-c1c2c(cc[n+]1C)CCCC2.Cc1ccccc1-c1cc2c(c[n+]1C)CCC2.[2H]C1([2H])CCCc2c[n+](C)c(-c3ccccc3C)cc21. The summed E-state index contributed by atoms with van der Waals surface area (Å²) >= 11 is 0. The maximum Gasteiger partial charge on any atom is 0.216 e. The largest absolute Gasteiger partial charge is 0.216 e. The summed E-state index contributed by atoms with van der Waals surface area (Å²) in [5.41, 5.74) is 27.2. The first-order chi connectivity index (χ1) is 34.8. The van der Waals surface area contributed by atoms with Gasteiger partial charge in [-0.1, -0.05) is 72.8 Å². The van der Waals surface area contributed by atoms with Crippen molar-refractivity contribution in [3.8, 4) is 45.0 Å². The quantitative estimate of drug-likeness (QED) is 0.156. The van der Waals surface area contributed by atoms with Crippen molar-refractivity contribution in [3.05, 3.63) is 213 Å². The Balaban J connectivity index is 0.000000119. The first kappa shape index (κ1) is 45.9. The van der Waals surface area contributed by atoms with Gasteiger partial charge < -0.3 is 0 Å². The highest BCUT2D eigenvalue weighted by Gasteiger charge is 2.26. The number of nitrogens with zero attached hydrogens (tertiary/aromatic N) is 4. The van der Waals surface area contributed by atoms with Gasteiger partial charge >= 0.3 is 0 Å². The molecular formula is C66H76N4+4. The Hall–Kier alpha value is -6.52. The Morgan fingerprint density at radius 2 is 0.700 bits per heavy atom. The van der Waals surface area contributed by atoms with Crippen LogP contribution in [0.1, 0.15) is 108 Å². The molecule has 0 aliphatic heterocycles. The zero-order valence-electron chi connectivity index (χ0n) is 45.3. The van der Waals surface area contributed by atoms with E-state index >= 15 is 0 Å². The predicted molar refractivity (Wildman–Crippen MR) is 288 cm³/mol. The first-order valence-electron chi connectivity index (χ1n) is 27.1. The number of hydrogen-bond acceptors (Lipinski definition) is 0. The lowest BCUT2D eigenvalue weighted by molar-refractivity contribution is -0.661. The van der Waals surface area contributed by atoms with Gasteiger partial charge in [0, 0.05) is 71.5 Å². The minimum atomic E-state index is -1.20. The van der Waals surface area contributed by atoms with Gasteiger partial charge in [-0.3, -0.25) is 0 Å². The highest BCUT2D eigenvalue weighted by molar-refractivity contribution is 5.67. The van der Waals surface area contributed by atoms with E-state index in [4.69, 9.17) is 2.74 Å². The van der Waals surface area contributed by atoms with Crippen molar-refractivity contribution in [2.75, 3.05) is 0 Å². The molecule has 4 aromatic carbocycles. The number of aromatic nitrogens is 4. The van der Waals surface area contributed by atoms with Crippen LogP contribution in [0.5, 0.6) is 0 Å². The van der Waals surface area contributed by atoms with Crippen molar-refractivity contribution >= 4 is 0 Å². The Labute approximate surface area is 422 Å². The molecule has 8 aromatic rings. The van der Waals surface area contributed by atoms with E-state index in [9.17, 15) is 0 Å². The third-order valence-electron chi connectivity index (χ3n) is 15.3. The Bertz CT molecular complexity index is 3260. The fraction of sp³-hybridized carbons (Fsp3) is 0.333. The normalized spacial score (nSPS) is 15.2. The van der Waals surface area contributed by atoms with Crippen molar-refractivity contribution in [2.45, 2.75) is 118 Å². The summed E-state index contributed by atoms with van der Waals surface area (Å²) in [7, 11) is 8.52. The van der Waals surface area contributed by atoms with Gasteiger partial charge in [0.05, 0.1) is 0 Å². The second-order valence-electron chi connectivity index (χ2n) is 20.3. The van der Waals surface area contributed by atoms with E-state index < -0.39 is 6.37 Å². The topological polar surface area (TPSA) is 15.5 Å².